The molecule has 0 aromatic heterocycles. The van der Waals surface area contributed by atoms with Crippen LogP contribution in [0, 0.1) is 5.92 Å². The van der Waals surface area contributed by atoms with Crippen molar-refractivity contribution in [2.75, 3.05) is 31.1 Å². The molecule has 0 radical (unpaired) electrons. The lowest BCUT2D eigenvalue weighted by atomic mass is 9.71. The van der Waals surface area contributed by atoms with Crippen molar-refractivity contribution in [3.05, 3.63) is 29.8 Å². The first-order valence-electron chi connectivity index (χ1n) is 10.8. The van der Waals surface area contributed by atoms with Gasteiger partial charge >= 0.3 is 6.03 Å². The molecule has 5 heteroatoms. The fraction of sp³-hybridized carbons (Fsp3) is 0.682. The molecule has 1 aromatic carbocycles. The molecule has 4 rings (SSSR count). The molecule has 1 aliphatic carbocycles. The number of urea groups is 1. The SMILES string of the molecule is CCCNC(=O)N1C[C@@H]2[C@H](c3ccccc31)[C@@H](CO)N2CC1CCCCC1. The summed E-state index contributed by atoms with van der Waals surface area (Å²) in [6.45, 7) is 4.77. The molecule has 2 N–H and O–H groups in total. The minimum atomic E-state index is 0.00724. The molecule has 0 unspecified atom stereocenters. The Morgan fingerprint density at radius 1 is 1.22 bits per heavy atom. The van der Waals surface area contributed by atoms with Gasteiger partial charge < -0.3 is 10.4 Å². The molecule has 0 spiro atoms. The van der Waals surface area contributed by atoms with Crippen LogP contribution in [-0.4, -0.2) is 54.4 Å². The number of carbonyl (C=O) groups excluding carboxylic acids is 1. The number of para-hydroxylation sites is 1. The summed E-state index contributed by atoms with van der Waals surface area (Å²) in [5, 5.41) is 13.2. The molecule has 2 aliphatic heterocycles. The zero-order chi connectivity index (χ0) is 18.8. The molecular formula is C22H33N3O2. The number of amides is 2. The summed E-state index contributed by atoms with van der Waals surface area (Å²) in [7, 11) is 0. The van der Waals surface area contributed by atoms with Crippen LogP contribution in [0.25, 0.3) is 0 Å². The van der Waals surface area contributed by atoms with Gasteiger partial charge in [0.25, 0.3) is 0 Å². The molecule has 2 heterocycles. The Morgan fingerprint density at radius 2 is 2.00 bits per heavy atom. The van der Waals surface area contributed by atoms with Gasteiger partial charge in [-0.15, -0.1) is 0 Å². The largest absolute Gasteiger partial charge is 0.395 e. The topological polar surface area (TPSA) is 55.8 Å². The van der Waals surface area contributed by atoms with Crippen LogP contribution in [0.2, 0.25) is 0 Å². The number of aliphatic hydroxyl groups excluding tert-OH is 1. The summed E-state index contributed by atoms with van der Waals surface area (Å²) in [5.41, 5.74) is 2.24. The van der Waals surface area contributed by atoms with Crippen LogP contribution < -0.4 is 10.2 Å². The predicted octanol–water partition coefficient (Wildman–Crippen LogP) is 3.34. The first-order valence-corrected chi connectivity index (χ1v) is 10.8. The standard InChI is InChI=1S/C22H33N3O2/c1-2-12-23-22(27)25-14-19-21(17-10-6-7-11-18(17)25)20(15-26)24(19)13-16-8-4-3-5-9-16/h6-7,10-11,16,19-21,26H,2-5,8-9,12-15H2,1H3,(H,23,27)/t19-,20-,21+/m1/s1. The average molecular weight is 372 g/mol. The number of aliphatic hydroxyl groups is 1. The van der Waals surface area contributed by atoms with E-state index in [1.54, 1.807) is 0 Å². The average Bonchev–Trinajstić information content (AvgIpc) is 2.71. The van der Waals surface area contributed by atoms with Crippen LogP contribution in [0.1, 0.15) is 56.9 Å². The van der Waals surface area contributed by atoms with Gasteiger partial charge in [0.2, 0.25) is 0 Å². The Labute approximate surface area is 162 Å². The number of rotatable bonds is 5. The fourth-order valence-corrected chi connectivity index (χ4v) is 5.42. The number of nitrogens with one attached hydrogen (secondary N) is 1. The number of fused-ring (bicyclic) bond motifs is 3. The van der Waals surface area contributed by atoms with E-state index in [1.807, 2.05) is 11.0 Å². The third-order valence-corrected chi connectivity index (χ3v) is 6.79. The van der Waals surface area contributed by atoms with Crippen LogP contribution in [0.5, 0.6) is 0 Å². The van der Waals surface area contributed by atoms with Crippen molar-refractivity contribution in [2.45, 2.75) is 63.5 Å². The van der Waals surface area contributed by atoms with Crippen molar-refractivity contribution in [2.24, 2.45) is 5.92 Å². The molecule has 148 valence electrons. The minimum absolute atomic E-state index is 0.00724. The third kappa shape index (κ3) is 3.47. The second-order valence-corrected chi connectivity index (χ2v) is 8.45. The fourth-order valence-electron chi connectivity index (χ4n) is 5.42. The van der Waals surface area contributed by atoms with Crippen LogP contribution in [0.3, 0.4) is 0 Å². The molecule has 27 heavy (non-hydrogen) atoms. The highest BCUT2D eigenvalue weighted by Crippen LogP contribution is 2.48. The number of benzene rings is 1. The molecular weight excluding hydrogens is 338 g/mol. The Kier molecular flexibility index (Phi) is 5.69. The number of carbonyl (C=O) groups is 1. The Balaban J connectivity index is 1.56. The van der Waals surface area contributed by atoms with Gasteiger partial charge in [0.05, 0.1) is 6.61 Å². The van der Waals surface area contributed by atoms with E-state index in [1.165, 1.54) is 37.7 Å². The van der Waals surface area contributed by atoms with Gasteiger partial charge in [-0.1, -0.05) is 44.4 Å². The van der Waals surface area contributed by atoms with Gasteiger partial charge in [0, 0.05) is 43.3 Å². The normalized spacial score (nSPS) is 28.2. The van der Waals surface area contributed by atoms with Gasteiger partial charge in [-0.05, 0) is 36.8 Å². The summed E-state index contributed by atoms with van der Waals surface area (Å²) < 4.78 is 0. The maximum Gasteiger partial charge on any atom is 0.321 e. The summed E-state index contributed by atoms with van der Waals surface area (Å²) in [5.74, 6) is 1.08. The first kappa shape index (κ1) is 18.8. The number of hydrogen-bond donors (Lipinski definition) is 2. The molecule has 2 fully saturated rings. The zero-order valence-corrected chi connectivity index (χ0v) is 16.4. The third-order valence-electron chi connectivity index (χ3n) is 6.79. The van der Waals surface area contributed by atoms with E-state index >= 15 is 0 Å². The lowest BCUT2D eigenvalue weighted by Crippen LogP contribution is -2.70. The summed E-state index contributed by atoms with van der Waals surface area (Å²) >= 11 is 0. The monoisotopic (exact) mass is 371 g/mol. The Hall–Kier alpha value is -1.59. The van der Waals surface area contributed by atoms with Gasteiger partial charge in [-0.25, -0.2) is 4.79 Å². The maximum absolute atomic E-state index is 12.8. The molecule has 5 nitrogen and oxygen atoms in total. The number of hydrogen-bond acceptors (Lipinski definition) is 3. The van der Waals surface area contributed by atoms with Crippen molar-refractivity contribution in [1.82, 2.24) is 10.2 Å². The van der Waals surface area contributed by atoms with Crippen LogP contribution >= 0.6 is 0 Å². The Morgan fingerprint density at radius 3 is 2.74 bits per heavy atom. The summed E-state index contributed by atoms with van der Waals surface area (Å²) in [6.07, 6.45) is 7.60. The van der Waals surface area contributed by atoms with Crippen LogP contribution in [-0.2, 0) is 0 Å². The highest BCUT2D eigenvalue weighted by molar-refractivity contribution is 5.94. The van der Waals surface area contributed by atoms with E-state index in [-0.39, 0.29) is 18.7 Å². The highest BCUT2D eigenvalue weighted by atomic mass is 16.3. The number of nitrogens with zero attached hydrogens (tertiary/aromatic N) is 2. The number of likely N-dealkylation sites (tertiary alicyclic amines) is 1. The van der Waals surface area contributed by atoms with Crippen molar-refractivity contribution in [3.8, 4) is 0 Å². The van der Waals surface area contributed by atoms with Crippen LogP contribution in [0.4, 0.5) is 10.5 Å². The van der Waals surface area contributed by atoms with Gasteiger partial charge in [-0.2, -0.15) is 0 Å². The highest BCUT2D eigenvalue weighted by Gasteiger charge is 2.53. The minimum Gasteiger partial charge on any atom is -0.395 e. The quantitative estimate of drug-likeness (QED) is 0.835. The van der Waals surface area contributed by atoms with E-state index in [9.17, 15) is 9.90 Å². The summed E-state index contributed by atoms with van der Waals surface area (Å²) in [6, 6.07) is 8.79. The van der Waals surface area contributed by atoms with E-state index in [4.69, 9.17) is 0 Å². The summed E-state index contributed by atoms with van der Waals surface area (Å²) in [4.78, 5) is 17.2. The van der Waals surface area contributed by atoms with E-state index in [0.29, 0.717) is 18.5 Å². The van der Waals surface area contributed by atoms with E-state index in [0.717, 1.165) is 31.1 Å². The second kappa shape index (κ2) is 8.19. The lowest BCUT2D eigenvalue weighted by molar-refractivity contribution is -0.0542. The van der Waals surface area contributed by atoms with Gasteiger partial charge in [-0.3, -0.25) is 9.80 Å². The molecule has 2 amide bonds. The second-order valence-electron chi connectivity index (χ2n) is 8.45. The molecule has 1 saturated carbocycles. The first-order chi connectivity index (χ1) is 13.2. The van der Waals surface area contributed by atoms with E-state index < -0.39 is 0 Å². The zero-order valence-electron chi connectivity index (χ0n) is 16.4. The molecule has 3 aliphatic rings. The van der Waals surface area contributed by atoms with E-state index in [2.05, 4.69) is 35.3 Å². The molecule has 1 saturated heterocycles. The van der Waals surface area contributed by atoms with Crippen LogP contribution in [0.15, 0.2) is 24.3 Å². The maximum atomic E-state index is 12.8. The Bertz CT molecular complexity index is 659. The van der Waals surface area contributed by atoms with Gasteiger partial charge in [0.1, 0.15) is 0 Å². The van der Waals surface area contributed by atoms with Crippen molar-refractivity contribution >= 4 is 11.7 Å². The van der Waals surface area contributed by atoms with Crippen molar-refractivity contribution in [1.29, 1.82) is 0 Å². The molecule has 0 bridgehead atoms. The van der Waals surface area contributed by atoms with Crippen molar-refractivity contribution in [3.63, 3.8) is 0 Å². The molecule has 1 aromatic rings. The number of anilines is 1. The predicted molar refractivity (Wildman–Crippen MR) is 108 cm³/mol. The smallest absolute Gasteiger partial charge is 0.321 e. The molecule has 3 atom stereocenters. The lowest BCUT2D eigenvalue weighted by Gasteiger charge is -2.59. The van der Waals surface area contributed by atoms with Crippen molar-refractivity contribution < 1.29 is 9.90 Å². The van der Waals surface area contributed by atoms with Gasteiger partial charge in [0.15, 0.2) is 0 Å².